The zero-order valence-corrected chi connectivity index (χ0v) is 12.9. The van der Waals surface area contributed by atoms with Crippen molar-refractivity contribution in [2.45, 2.75) is 31.7 Å². The summed E-state index contributed by atoms with van der Waals surface area (Å²) in [4.78, 5) is 14.3. The summed E-state index contributed by atoms with van der Waals surface area (Å²) in [6.07, 6.45) is 4.18. The molecule has 1 aliphatic heterocycles. The summed E-state index contributed by atoms with van der Waals surface area (Å²) in [5.41, 5.74) is 0.109. The summed E-state index contributed by atoms with van der Waals surface area (Å²) >= 11 is 9.17. The lowest BCUT2D eigenvalue weighted by molar-refractivity contribution is 0.0697. The van der Waals surface area contributed by atoms with Crippen LogP contribution in [0, 0.1) is 5.82 Å². The Morgan fingerprint density at radius 1 is 1.42 bits per heavy atom. The van der Waals surface area contributed by atoms with Crippen molar-refractivity contribution >= 4 is 33.4 Å². The van der Waals surface area contributed by atoms with E-state index in [4.69, 9.17) is 11.6 Å². The predicted octanol–water partition coefficient (Wildman–Crippen LogP) is 4.26. The Morgan fingerprint density at radius 2 is 2.21 bits per heavy atom. The molecule has 0 bridgehead atoms. The molecular formula is C14H16BrClFNO. The van der Waals surface area contributed by atoms with Crippen LogP contribution in [0.1, 0.15) is 36.0 Å². The minimum absolute atomic E-state index is 0.109. The van der Waals surface area contributed by atoms with Crippen LogP contribution < -0.4 is 0 Å². The number of nitrogens with zero attached hydrogens (tertiary/aromatic N) is 1. The Morgan fingerprint density at radius 3 is 2.89 bits per heavy atom. The first-order valence-electron chi connectivity index (χ1n) is 6.45. The number of benzene rings is 1. The predicted molar refractivity (Wildman–Crippen MR) is 78.5 cm³/mol. The van der Waals surface area contributed by atoms with E-state index in [1.165, 1.54) is 12.1 Å². The Labute approximate surface area is 126 Å². The normalized spacial score (nSPS) is 20.2. The molecule has 1 heterocycles. The van der Waals surface area contributed by atoms with Gasteiger partial charge in [0, 0.05) is 22.9 Å². The highest BCUT2D eigenvalue weighted by Crippen LogP contribution is 2.23. The third-order valence-electron chi connectivity index (χ3n) is 3.48. The second-order valence-corrected chi connectivity index (χ2v) is 5.86. The van der Waals surface area contributed by atoms with Crippen LogP contribution in [-0.2, 0) is 0 Å². The summed E-state index contributed by atoms with van der Waals surface area (Å²) in [5.74, 6) is -0.782. The molecule has 2 rings (SSSR count). The smallest absolute Gasteiger partial charge is 0.257 e. The Hall–Kier alpha value is -0.610. The van der Waals surface area contributed by atoms with Gasteiger partial charge in [-0.1, -0.05) is 40.4 Å². The fourth-order valence-electron chi connectivity index (χ4n) is 2.42. The molecule has 0 radical (unpaired) electrons. The van der Waals surface area contributed by atoms with Crippen LogP contribution in [0.3, 0.4) is 0 Å². The van der Waals surface area contributed by atoms with E-state index in [1.54, 1.807) is 11.0 Å². The molecular weight excluding hydrogens is 333 g/mol. The monoisotopic (exact) mass is 347 g/mol. The summed E-state index contributed by atoms with van der Waals surface area (Å²) in [5, 5.41) is 1.04. The van der Waals surface area contributed by atoms with Crippen molar-refractivity contribution in [2.24, 2.45) is 0 Å². The molecule has 0 N–H and O–H groups in total. The van der Waals surface area contributed by atoms with Crippen molar-refractivity contribution in [2.75, 3.05) is 11.9 Å². The number of likely N-dealkylation sites (tertiary alicyclic amines) is 1. The third kappa shape index (κ3) is 3.48. The molecule has 5 heteroatoms. The van der Waals surface area contributed by atoms with Crippen molar-refractivity contribution in [3.05, 3.63) is 34.6 Å². The highest BCUT2D eigenvalue weighted by molar-refractivity contribution is 9.09. The van der Waals surface area contributed by atoms with E-state index in [9.17, 15) is 9.18 Å². The van der Waals surface area contributed by atoms with Crippen molar-refractivity contribution in [1.29, 1.82) is 0 Å². The number of amides is 1. The molecule has 104 valence electrons. The topological polar surface area (TPSA) is 20.3 Å². The molecule has 1 aromatic carbocycles. The molecule has 19 heavy (non-hydrogen) atoms. The van der Waals surface area contributed by atoms with Gasteiger partial charge in [-0.05, 0) is 31.0 Å². The summed E-state index contributed by atoms with van der Waals surface area (Å²) < 4.78 is 13.8. The van der Waals surface area contributed by atoms with E-state index in [1.807, 2.05) is 0 Å². The fourth-order valence-corrected chi connectivity index (χ4v) is 3.25. The van der Waals surface area contributed by atoms with Gasteiger partial charge in [0.2, 0.25) is 0 Å². The Bertz CT molecular complexity index is 469. The molecule has 1 amide bonds. The van der Waals surface area contributed by atoms with Crippen LogP contribution in [-0.4, -0.2) is 28.7 Å². The van der Waals surface area contributed by atoms with Gasteiger partial charge in [0.15, 0.2) is 0 Å². The average Bonchev–Trinajstić information content (AvgIpc) is 2.63. The SMILES string of the molecule is O=C(c1ccc(Cl)cc1F)N1CCCCCC1CBr. The van der Waals surface area contributed by atoms with Crippen LogP contribution in [0.5, 0.6) is 0 Å². The van der Waals surface area contributed by atoms with Gasteiger partial charge < -0.3 is 4.90 Å². The number of rotatable bonds is 2. The molecule has 0 aliphatic carbocycles. The number of hydrogen-bond donors (Lipinski definition) is 0. The summed E-state index contributed by atoms with van der Waals surface area (Å²) in [6, 6.07) is 4.36. The zero-order chi connectivity index (χ0) is 13.8. The Balaban J connectivity index is 2.25. The molecule has 0 aromatic heterocycles. The van der Waals surface area contributed by atoms with Crippen LogP contribution in [0.25, 0.3) is 0 Å². The number of carbonyl (C=O) groups is 1. The van der Waals surface area contributed by atoms with Crippen molar-refractivity contribution in [3.63, 3.8) is 0 Å². The first-order valence-corrected chi connectivity index (χ1v) is 7.95. The molecule has 1 atom stereocenters. The largest absolute Gasteiger partial charge is 0.335 e. The van der Waals surface area contributed by atoms with E-state index in [0.29, 0.717) is 11.6 Å². The maximum Gasteiger partial charge on any atom is 0.257 e. The van der Waals surface area contributed by atoms with Gasteiger partial charge in [-0.25, -0.2) is 4.39 Å². The first kappa shape index (κ1) is 14.8. The van der Waals surface area contributed by atoms with Crippen LogP contribution >= 0.6 is 27.5 Å². The standard InChI is InChI=1S/C14H16BrClFNO/c15-9-11-4-2-1-3-7-18(11)14(19)12-6-5-10(16)8-13(12)17/h5-6,8,11H,1-4,7,9H2. The lowest BCUT2D eigenvalue weighted by Gasteiger charge is -2.29. The lowest BCUT2D eigenvalue weighted by atomic mass is 10.1. The number of alkyl halides is 1. The van der Waals surface area contributed by atoms with E-state index in [-0.39, 0.29) is 17.5 Å². The molecule has 1 aliphatic rings. The van der Waals surface area contributed by atoms with Gasteiger partial charge in [-0.3, -0.25) is 4.79 Å². The molecule has 1 aromatic rings. The minimum atomic E-state index is -0.546. The van der Waals surface area contributed by atoms with Crippen molar-refractivity contribution < 1.29 is 9.18 Å². The van der Waals surface area contributed by atoms with Gasteiger partial charge in [0.1, 0.15) is 5.82 Å². The average molecular weight is 349 g/mol. The van der Waals surface area contributed by atoms with E-state index >= 15 is 0 Å². The maximum atomic E-state index is 13.8. The third-order valence-corrected chi connectivity index (χ3v) is 4.46. The number of halogens is 3. The molecule has 2 nitrogen and oxygen atoms in total. The summed E-state index contributed by atoms with van der Waals surface area (Å²) in [7, 11) is 0. The van der Waals surface area contributed by atoms with Gasteiger partial charge in [-0.2, -0.15) is 0 Å². The molecule has 1 unspecified atom stereocenters. The van der Waals surface area contributed by atoms with Gasteiger partial charge >= 0.3 is 0 Å². The molecule has 1 saturated heterocycles. The zero-order valence-electron chi connectivity index (χ0n) is 10.5. The molecule has 0 spiro atoms. The second-order valence-electron chi connectivity index (χ2n) is 4.78. The van der Waals surface area contributed by atoms with Gasteiger partial charge in [0.05, 0.1) is 5.56 Å². The van der Waals surface area contributed by atoms with Crippen molar-refractivity contribution in [3.8, 4) is 0 Å². The van der Waals surface area contributed by atoms with Gasteiger partial charge in [-0.15, -0.1) is 0 Å². The number of carbonyl (C=O) groups excluding carboxylic acids is 1. The second kappa shape index (κ2) is 6.71. The maximum absolute atomic E-state index is 13.8. The molecule has 1 fully saturated rings. The quantitative estimate of drug-likeness (QED) is 0.731. The molecule has 0 saturated carbocycles. The van der Waals surface area contributed by atoms with E-state index < -0.39 is 5.82 Å². The first-order chi connectivity index (χ1) is 9.13. The minimum Gasteiger partial charge on any atom is -0.335 e. The van der Waals surface area contributed by atoms with Gasteiger partial charge in [0.25, 0.3) is 5.91 Å². The van der Waals surface area contributed by atoms with E-state index in [0.717, 1.165) is 31.0 Å². The highest BCUT2D eigenvalue weighted by Gasteiger charge is 2.27. The lowest BCUT2D eigenvalue weighted by Crippen LogP contribution is -2.41. The van der Waals surface area contributed by atoms with Crippen LogP contribution in [0.15, 0.2) is 18.2 Å². The Kier molecular flexibility index (Phi) is 5.22. The fraction of sp³-hybridized carbons (Fsp3) is 0.500. The van der Waals surface area contributed by atoms with Crippen LogP contribution in [0.2, 0.25) is 5.02 Å². The highest BCUT2D eigenvalue weighted by atomic mass is 79.9. The van der Waals surface area contributed by atoms with Crippen LogP contribution in [0.4, 0.5) is 4.39 Å². The number of hydrogen-bond acceptors (Lipinski definition) is 1. The summed E-state index contributed by atoms with van der Waals surface area (Å²) in [6.45, 7) is 0.692. The van der Waals surface area contributed by atoms with E-state index in [2.05, 4.69) is 15.9 Å². The van der Waals surface area contributed by atoms with Crippen molar-refractivity contribution in [1.82, 2.24) is 4.90 Å².